The maximum atomic E-state index is 5.48. The van der Waals surface area contributed by atoms with Gasteiger partial charge in [0, 0.05) is 45.8 Å². The molecule has 3 aliphatic rings. The Hall–Kier alpha value is -0.810. The van der Waals surface area contributed by atoms with Crippen molar-refractivity contribution < 1.29 is 4.74 Å². The minimum atomic E-state index is 0.674. The molecule has 1 atom stereocenters. The highest BCUT2D eigenvalue weighted by Gasteiger charge is 2.30. The number of likely N-dealkylation sites (tertiary alicyclic amines) is 1. The topological polar surface area (TPSA) is 40.1 Å². The summed E-state index contributed by atoms with van der Waals surface area (Å²) in [6.07, 6.45) is 6.80. The van der Waals surface area contributed by atoms with Gasteiger partial charge in [-0.15, -0.1) is 0 Å². The van der Waals surface area contributed by atoms with E-state index in [1.807, 2.05) is 7.05 Å². The predicted molar refractivity (Wildman–Crippen MR) is 94.9 cm³/mol. The van der Waals surface area contributed by atoms with Crippen LogP contribution in [-0.2, 0) is 4.74 Å². The maximum Gasteiger partial charge on any atom is 0.193 e. The van der Waals surface area contributed by atoms with Gasteiger partial charge in [-0.1, -0.05) is 19.8 Å². The largest absolute Gasteiger partial charge is 0.379 e. The second-order valence-electron chi connectivity index (χ2n) is 7.59. The summed E-state index contributed by atoms with van der Waals surface area (Å²) in [7, 11) is 1.92. The molecule has 1 N–H and O–H groups in total. The molecular weight excluding hydrogens is 288 g/mol. The van der Waals surface area contributed by atoms with E-state index in [0.29, 0.717) is 6.04 Å². The van der Waals surface area contributed by atoms with E-state index in [-0.39, 0.29) is 0 Å². The minimum Gasteiger partial charge on any atom is -0.379 e. The van der Waals surface area contributed by atoms with Crippen LogP contribution >= 0.6 is 0 Å². The van der Waals surface area contributed by atoms with Gasteiger partial charge in [0.25, 0.3) is 0 Å². The Labute approximate surface area is 141 Å². The highest BCUT2D eigenvalue weighted by Crippen LogP contribution is 2.27. The summed E-state index contributed by atoms with van der Waals surface area (Å²) in [5.41, 5.74) is 0. The average molecular weight is 322 g/mol. The smallest absolute Gasteiger partial charge is 0.193 e. The van der Waals surface area contributed by atoms with Crippen LogP contribution in [0.15, 0.2) is 4.99 Å². The molecule has 3 fully saturated rings. The number of morpholine rings is 1. The molecule has 1 unspecified atom stereocenters. The van der Waals surface area contributed by atoms with Crippen molar-refractivity contribution in [2.24, 2.45) is 16.8 Å². The molecule has 5 heteroatoms. The molecule has 0 spiro atoms. The van der Waals surface area contributed by atoms with Gasteiger partial charge in [0.1, 0.15) is 0 Å². The van der Waals surface area contributed by atoms with Gasteiger partial charge < -0.3 is 15.0 Å². The van der Waals surface area contributed by atoms with Crippen LogP contribution in [0.5, 0.6) is 0 Å². The minimum absolute atomic E-state index is 0.674. The zero-order valence-electron chi connectivity index (χ0n) is 15.0. The number of ether oxygens (including phenoxy) is 1. The number of hydrogen-bond donors (Lipinski definition) is 1. The lowest BCUT2D eigenvalue weighted by atomic mass is 9.83. The van der Waals surface area contributed by atoms with Crippen molar-refractivity contribution in [2.75, 3.05) is 53.0 Å². The Bertz CT molecular complexity index is 386. The average Bonchev–Trinajstić information content (AvgIpc) is 3.08. The van der Waals surface area contributed by atoms with E-state index < -0.39 is 0 Å². The van der Waals surface area contributed by atoms with E-state index in [9.17, 15) is 0 Å². The van der Waals surface area contributed by atoms with Crippen molar-refractivity contribution in [3.63, 3.8) is 0 Å². The third-order valence-electron chi connectivity index (χ3n) is 5.92. The standard InChI is InChI=1S/C18H34N4O/c1-15-3-5-16(6-4-15)13-20-18(19-2)22-8-7-17(14-22)21-9-11-23-12-10-21/h15-17H,3-14H2,1-2H3,(H,19,20). The van der Waals surface area contributed by atoms with Crippen molar-refractivity contribution in [1.29, 1.82) is 0 Å². The van der Waals surface area contributed by atoms with E-state index >= 15 is 0 Å². The summed E-state index contributed by atoms with van der Waals surface area (Å²) in [5, 5.41) is 3.65. The summed E-state index contributed by atoms with van der Waals surface area (Å²) in [6, 6.07) is 0.674. The highest BCUT2D eigenvalue weighted by atomic mass is 16.5. The first-order valence-corrected chi connectivity index (χ1v) is 9.53. The molecule has 0 aromatic heterocycles. The molecule has 3 rings (SSSR count). The molecule has 2 aliphatic heterocycles. The number of hydrogen-bond acceptors (Lipinski definition) is 3. The summed E-state index contributed by atoms with van der Waals surface area (Å²) in [4.78, 5) is 9.58. The molecule has 1 aliphatic carbocycles. The van der Waals surface area contributed by atoms with Crippen molar-refractivity contribution in [3.05, 3.63) is 0 Å². The van der Waals surface area contributed by atoms with E-state index in [1.165, 1.54) is 32.1 Å². The fourth-order valence-electron chi connectivity index (χ4n) is 4.28. The maximum absolute atomic E-state index is 5.48. The van der Waals surface area contributed by atoms with Gasteiger partial charge in [0.2, 0.25) is 0 Å². The Morgan fingerprint density at radius 2 is 1.83 bits per heavy atom. The second kappa shape index (κ2) is 8.34. The van der Waals surface area contributed by atoms with E-state index in [0.717, 1.165) is 63.7 Å². The third kappa shape index (κ3) is 4.60. The fourth-order valence-corrected chi connectivity index (χ4v) is 4.28. The lowest BCUT2D eigenvalue weighted by Gasteiger charge is -2.32. The van der Waals surface area contributed by atoms with Gasteiger partial charge >= 0.3 is 0 Å². The predicted octanol–water partition coefficient (Wildman–Crippen LogP) is 1.79. The van der Waals surface area contributed by atoms with Crippen molar-refractivity contribution >= 4 is 5.96 Å². The van der Waals surface area contributed by atoms with Crippen LogP contribution in [0.4, 0.5) is 0 Å². The molecular formula is C18H34N4O. The van der Waals surface area contributed by atoms with Gasteiger partial charge in [0.05, 0.1) is 13.2 Å². The van der Waals surface area contributed by atoms with Crippen LogP contribution in [0, 0.1) is 11.8 Å². The molecule has 0 amide bonds. The van der Waals surface area contributed by atoms with E-state index in [1.54, 1.807) is 0 Å². The number of guanidine groups is 1. The first kappa shape index (κ1) is 17.0. The van der Waals surface area contributed by atoms with Gasteiger partial charge in [-0.2, -0.15) is 0 Å². The van der Waals surface area contributed by atoms with Gasteiger partial charge in [-0.05, 0) is 31.1 Å². The van der Waals surface area contributed by atoms with Crippen LogP contribution in [0.25, 0.3) is 0 Å². The first-order valence-electron chi connectivity index (χ1n) is 9.53. The Morgan fingerprint density at radius 3 is 2.52 bits per heavy atom. The molecule has 2 saturated heterocycles. The number of nitrogens with one attached hydrogen (secondary N) is 1. The van der Waals surface area contributed by atoms with Crippen LogP contribution in [-0.4, -0.2) is 74.8 Å². The summed E-state index contributed by atoms with van der Waals surface area (Å²) >= 11 is 0. The van der Waals surface area contributed by atoms with Crippen LogP contribution in [0.2, 0.25) is 0 Å². The zero-order valence-corrected chi connectivity index (χ0v) is 15.0. The SMILES string of the molecule is CN=C(NCC1CCC(C)CC1)N1CCC(N2CCOCC2)C1. The summed E-state index contributed by atoms with van der Waals surface area (Å²) in [5.74, 6) is 2.87. The molecule has 0 aromatic carbocycles. The Morgan fingerprint density at radius 1 is 1.09 bits per heavy atom. The molecule has 2 heterocycles. The highest BCUT2D eigenvalue weighted by molar-refractivity contribution is 5.80. The number of nitrogens with zero attached hydrogens (tertiary/aromatic N) is 3. The first-order chi connectivity index (χ1) is 11.3. The van der Waals surface area contributed by atoms with E-state index in [4.69, 9.17) is 4.74 Å². The number of rotatable bonds is 3. The quantitative estimate of drug-likeness (QED) is 0.635. The van der Waals surface area contributed by atoms with Crippen molar-refractivity contribution in [3.8, 4) is 0 Å². The lowest BCUT2D eigenvalue weighted by molar-refractivity contribution is 0.0195. The van der Waals surface area contributed by atoms with Crippen molar-refractivity contribution in [1.82, 2.24) is 15.1 Å². The van der Waals surface area contributed by atoms with E-state index in [2.05, 4.69) is 27.0 Å². The molecule has 0 bridgehead atoms. The molecule has 0 radical (unpaired) electrons. The van der Waals surface area contributed by atoms with Gasteiger partial charge in [-0.25, -0.2) is 0 Å². The molecule has 1 saturated carbocycles. The monoisotopic (exact) mass is 322 g/mol. The molecule has 23 heavy (non-hydrogen) atoms. The lowest BCUT2D eigenvalue weighted by Crippen LogP contribution is -2.47. The Kier molecular flexibility index (Phi) is 6.17. The molecule has 5 nitrogen and oxygen atoms in total. The summed E-state index contributed by atoms with van der Waals surface area (Å²) in [6.45, 7) is 9.68. The molecule has 132 valence electrons. The van der Waals surface area contributed by atoms with Crippen molar-refractivity contribution in [2.45, 2.75) is 45.1 Å². The molecule has 0 aromatic rings. The fraction of sp³-hybridized carbons (Fsp3) is 0.944. The van der Waals surface area contributed by atoms with Gasteiger partial charge in [-0.3, -0.25) is 9.89 Å². The summed E-state index contributed by atoms with van der Waals surface area (Å²) < 4.78 is 5.48. The normalized spacial score (nSPS) is 33.9. The third-order valence-corrected chi connectivity index (χ3v) is 5.92. The second-order valence-corrected chi connectivity index (χ2v) is 7.59. The van der Waals surface area contributed by atoms with Crippen LogP contribution < -0.4 is 5.32 Å². The van der Waals surface area contributed by atoms with Gasteiger partial charge in [0.15, 0.2) is 5.96 Å². The Balaban J connectivity index is 1.43. The van der Waals surface area contributed by atoms with Crippen LogP contribution in [0.3, 0.4) is 0 Å². The zero-order chi connectivity index (χ0) is 16.1. The van der Waals surface area contributed by atoms with Crippen LogP contribution in [0.1, 0.15) is 39.0 Å². The number of aliphatic imine (C=N–C) groups is 1.